The summed E-state index contributed by atoms with van der Waals surface area (Å²) in [7, 11) is -6.20. The van der Waals surface area contributed by atoms with E-state index in [9.17, 15) is 17.2 Å². The van der Waals surface area contributed by atoms with E-state index in [1.54, 1.807) is 12.1 Å². The quantitative estimate of drug-likeness (QED) is 0.152. The van der Waals surface area contributed by atoms with Crippen LogP contribution < -0.4 is 4.74 Å². The molecule has 4 rings (SSSR count). The maximum absolute atomic E-state index is 14.1. The molecule has 0 aliphatic carbocycles. The van der Waals surface area contributed by atoms with Crippen molar-refractivity contribution < 1.29 is 36.0 Å². The number of ether oxygens (including phenoxy) is 3. The van der Waals surface area contributed by atoms with E-state index in [2.05, 4.69) is 71.0 Å². The van der Waals surface area contributed by atoms with Crippen LogP contribution in [-0.2, 0) is 41.7 Å². The first-order valence-electron chi connectivity index (χ1n) is 15.8. The van der Waals surface area contributed by atoms with Crippen LogP contribution in [0.5, 0.6) is 5.75 Å². The lowest BCUT2D eigenvalue weighted by Crippen LogP contribution is -2.46. The van der Waals surface area contributed by atoms with Gasteiger partial charge in [0.25, 0.3) is 0 Å². The number of halogens is 2. The standard InChI is InChI=1S/C36H46F2O6S2/c1-8-10-23-35(9-2)24-42-34(7,43-25-35)28-13-19-31(20-14-28)45(30-17-11-27(12-18-30)33(4,5)6)32-21-15-29(16-22-32)44-26(3)36(37,38)46(39,40)41/h11-22,26H,8-10,23-25H2,1-7H3/p+1. The predicted octanol–water partition coefficient (Wildman–Crippen LogP) is 9.13. The maximum Gasteiger partial charge on any atom is 0.405 e. The smallest absolute Gasteiger partial charge is 0.405 e. The average molecular weight is 678 g/mol. The van der Waals surface area contributed by atoms with Gasteiger partial charge in [-0.2, -0.15) is 17.2 Å². The molecule has 1 aliphatic rings. The van der Waals surface area contributed by atoms with E-state index in [4.69, 9.17) is 18.8 Å². The van der Waals surface area contributed by atoms with Gasteiger partial charge in [0.1, 0.15) is 5.75 Å². The Morgan fingerprint density at radius 2 is 1.37 bits per heavy atom. The van der Waals surface area contributed by atoms with Crippen molar-refractivity contribution >= 4 is 21.0 Å². The third-order valence-corrected chi connectivity index (χ3v) is 12.1. The minimum atomic E-state index is -5.63. The first kappa shape index (κ1) is 36.3. The molecule has 1 saturated heterocycles. The Kier molecular flexibility index (Phi) is 11.0. The Morgan fingerprint density at radius 1 is 0.891 bits per heavy atom. The number of alkyl halides is 2. The Balaban J connectivity index is 1.63. The minimum absolute atomic E-state index is 0.0140. The third kappa shape index (κ3) is 7.96. The van der Waals surface area contributed by atoms with Crippen molar-refractivity contribution in [3.8, 4) is 5.75 Å². The molecule has 3 aromatic rings. The normalized spacial score (nSPS) is 22.3. The van der Waals surface area contributed by atoms with E-state index in [1.165, 1.54) is 17.7 Å². The number of benzene rings is 3. The lowest BCUT2D eigenvalue weighted by Gasteiger charge is -2.45. The molecule has 1 heterocycles. The summed E-state index contributed by atoms with van der Waals surface area (Å²) in [5, 5.41) is -4.46. The second-order valence-electron chi connectivity index (χ2n) is 13.4. The van der Waals surface area contributed by atoms with Gasteiger partial charge in [-0.05, 0) is 98.3 Å². The van der Waals surface area contributed by atoms with Crippen LogP contribution >= 0.6 is 0 Å². The Hall–Kier alpha value is -2.50. The maximum atomic E-state index is 14.1. The zero-order chi connectivity index (χ0) is 34.0. The van der Waals surface area contributed by atoms with E-state index < -0.39 is 38.2 Å². The molecule has 10 heteroatoms. The summed E-state index contributed by atoms with van der Waals surface area (Å²) in [6.07, 6.45) is 2.28. The second kappa shape index (κ2) is 13.9. The first-order valence-corrected chi connectivity index (χ1v) is 18.5. The lowest BCUT2D eigenvalue weighted by molar-refractivity contribution is -0.305. The van der Waals surface area contributed by atoms with Gasteiger partial charge in [-0.3, -0.25) is 4.55 Å². The number of hydrogen-bond donors (Lipinski definition) is 1. The fourth-order valence-electron chi connectivity index (χ4n) is 5.44. The van der Waals surface area contributed by atoms with Gasteiger partial charge in [-0.1, -0.05) is 59.6 Å². The number of hydrogen-bond acceptors (Lipinski definition) is 5. The van der Waals surface area contributed by atoms with Crippen LogP contribution in [0.15, 0.2) is 87.5 Å². The summed E-state index contributed by atoms with van der Waals surface area (Å²) >= 11 is 0. The third-order valence-electron chi connectivity index (χ3n) is 8.88. The predicted molar refractivity (Wildman–Crippen MR) is 178 cm³/mol. The van der Waals surface area contributed by atoms with Crippen molar-refractivity contribution in [2.24, 2.45) is 5.41 Å². The summed E-state index contributed by atoms with van der Waals surface area (Å²) < 4.78 is 77.5. The van der Waals surface area contributed by atoms with Crippen LogP contribution in [0.2, 0.25) is 0 Å². The summed E-state index contributed by atoms with van der Waals surface area (Å²) in [5.74, 6) is -0.793. The van der Waals surface area contributed by atoms with Gasteiger partial charge >= 0.3 is 15.4 Å². The van der Waals surface area contributed by atoms with E-state index in [1.807, 2.05) is 19.1 Å². The van der Waals surface area contributed by atoms with E-state index in [-0.39, 0.29) is 16.6 Å². The van der Waals surface area contributed by atoms with Gasteiger partial charge in [-0.15, -0.1) is 0 Å². The molecule has 1 N–H and O–H groups in total. The van der Waals surface area contributed by atoms with Crippen LogP contribution in [0.3, 0.4) is 0 Å². The Morgan fingerprint density at radius 3 is 1.80 bits per heavy atom. The highest BCUT2D eigenvalue weighted by molar-refractivity contribution is 7.97. The molecule has 2 unspecified atom stereocenters. The second-order valence-corrected chi connectivity index (χ2v) is 16.9. The molecule has 0 aromatic heterocycles. The molecule has 1 fully saturated rings. The zero-order valence-electron chi connectivity index (χ0n) is 27.8. The molecular formula is C36H47F2O6S2+. The summed E-state index contributed by atoms with van der Waals surface area (Å²) in [5.41, 5.74) is 2.16. The van der Waals surface area contributed by atoms with E-state index in [0.29, 0.717) is 13.2 Å². The SMILES string of the molecule is CCCCC1(CC)COC(C)(c2ccc([S+](c3ccc(OC(C)C(F)(F)S(=O)(=O)O)cc3)c3ccc(C(C)(C)C)cc3)cc2)OC1. The molecule has 0 saturated carbocycles. The van der Waals surface area contributed by atoms with E-state index in [0.717, 1.165) is 52.9 Å². The van der Waals surface area contributed by atoms with Gasteiger partial charge in [-0.25, -0.2) is 0 Å². The average Bonchev–Trinajstić information content (AvgIpc) is 3.01. The van der Waals surface area contributed by atoms with Crippen molar-refractivity contribution in [1.82, 2.24) is 0 Å². The summed E-state index contributed by atoms with van der Waals surface area (Å²) in [4.78, 5) is 3.02. The van der Waals surface area contributed by atoms with Crippen molar-refractivity contribution in [3.05, 3.63) is 83.9 Å². The largest absolute Gasteiger partial charge is 0.483 e. The van der Waals surface area contributed by atoms with Crippen LogP contribution in [-0.4, -0.2) is 37.5 Å². The van der Waals surface area contributed by atoms with Gasteiger partial charge < -0.3 is 14.2 Å². The molecule has 6 nitrogen and oxygen atoms in total. The molecule has 0 spiro atoms. The molecular weight excluding hydrogens is 631 g/mol. The van der Waals surface area contributed by atoms with Crippen LogP contribution in [0.25, 0.3) is 0 Å². The fourth-order valence-corrected chi connectivity index (χ4v) is 7.95. The van der Waals surface area contributed by atoms with E-state index >= 15 is 0 Å². The summed E-state index contributed by atoms with van der Waals surface area (Å²) in [6.45, 7) is 15.1. The highest BCUT2D eigenvalue weighted by atomic mass is 32.2. The first-order chi connectivity index (χ1) is 21.4. The monoisotopic (exact) mass is 677 g/mol. The minimum Gasteiger partial charge on any atom is -0.483 e. The Bertz CT molecular complexity index is 1540. The van der Waals surface area contributed by atoms with Crippen LogP contribution in [0, 0.1) is 5.41 Å². The molecule has 3 aromatic carbocycles. The van der Waals surface area contributed by atoms with Crippen molar-refractivity contribution in [1.29, 1.82) is 0 Å². The highest BCUT2D eigenvalue weighted by Gasteiger charge is 2.51. The van der Waals surface area contributed by atoms with Gasteiger partial charge in [0.15, 0.2) is 26.6 Å². The van der Waals surface area contributed by atoms with Gasteiger partial charge in [0, 0.05) is 11.0 Å². The zero-order valence-corrected chi connectivity index (χ0v) is 29.4. The highest BCUT2D eigenvalue weighted by Crippen LogP contribution is 2.42. The fraction of sp³-hybridized carbons (Fsp3) is 0.500. The van der Waals surface area contributed by atoms with Gasteiger partial charge in [0.2, 0.25) is 0 Å². The molecule has 46 heavy (non-hydrogen) atoms. The van der Waals surface area contributed by atoms with Crippen molar-refractivity contribution in [2.45, 2.75) is 111 Å². The van der Waals surface area contributed by atoms with Gasteiger partial charge in [0.05, 0.1) is 24.1 Å². The van der Waals surface area contributed by atoms with Crippen molar-refractivity contribution in [2.75, 3.05) is 13.2 Å². The molecule has 0 amide bonds. The van der Waals surface area contributed by atoms with Crippen LogP contribution in [0.4, 0.5) is 8.78 Å². The van der Waals surface area contributed by atoms with Crippen molar-refractivity contribution in [3.63, 3.8) is 0 Å². The molecule has 1 aliphatic heterocycles. The molecule has 0 bridgehead atoms. The molecule has 2 atom stereocenters. The molecule has 0 radical (unpaired) electrons. The lowest BCUT2D eigenvalue weighted by atomic mass is 9.80. The topological polar surface area (TPSA) is 82.1 Å². The Labute approximate surface area is 276 Å². The molecule has 252 valence electrons. The van der Waals surface area contributed by atoms with Crippen LogP contribution in [0.1, 0.15) is 85.3 Å². The number of unbranched alkanes of at least 4 members (excludes halogenated alkanes) is 1. The number of rotatable bonds is 12. The summed E-state index contributed by atoms with van der Waals surface area (Å²) in [6, 6.07) is 23.4.